The van der Waals surface area contributed by atoms with Crippen LogP contribution >= 0.6 is 7.14 Å². The maximum Gasteiger partial charge on any atom is 0.109 e. The van der Waals surface area contributed by atoms with Gasteiger partial charge in [0, 0.05) is 101 Å². The Morgan fingerprint density at radius 2 is 0.391 bits per heavy atom. The molecule has 133 heavy (non-hydrogen) atoms. The fraction of sp³-hybridized carbons (Fsp3) is 0.0593. The van der Waals surface area contributed by atoms with Gasteiger partial charge in [-0.15, -0.1) is 0 Å². The van der Waals surface area contributed by atoms with Crippen LogP contribution in [0.15, 0.2) is 431 Å². The molecule has 0 fully saturated rings. The predicted molar refractivity (Wildman–Crippen MR) is 542 cm³/mol. The number of aryl methyl sites for hydroxylation is 5. The fourth-order valence-corrected chi connectivity index (χ4v) is 16.3. The molecule has 0 bridgehead atoms. The summed E-state index contributed by atoms with van der Waals surface area (Å²) in [6.07, 6.45) is 3.60. The zero-order valence-electron chi connectivity index (χ0n) is 74.7. The quantitative estimate of drug-likeness (QED) is 0.0825. The predicted octanol–water partition coefficient (Wildman–Crippen LogP) is 28.3. The van der Waals surface area contributed by atoms with Gasteiger partial charge in [0.2, 0.25) is 0 Å². The van der Waals surface area contributed by atoms with Crippen molar-refractivity contribution >= 4 is 12.4 Å². The molecule has 14 nitrogen and oxygen atoms in total. The van der Waals surface area contributed by atoms with Gasteiger partial charge in [0.25, 0.3) is 0 Å². The second kappa shape index (κ2) is 42.6. The summed E-state index contributed by atoms with van der Waals surface area (Å²) in [4.78, 5) is 53.9. The Bertz CT molecular complexity index is 7310. The van der Waals surface area contributed by atoms with Crippen LogP contribution in [0.5, 0.6) is 0 Å². The van der Waals surface area contributed by atoms with E-state index in [1.165, 1.54) is 0 Å². The Hall–Kier alpha value is -17.2. The molecule has 0 unspecified atom stereocenters. The van der Waals surface area contributed by atoms with Crippen molar-refractivity contribution in [3.8, 4) is 181 Å². The lowest BCUT2D eigenvalue weighted by atomic mass is 10.0. The van der Waals surface area contributed by atoms with Crippen molar-refractivity contribution in [2.24, 2.45) is 0 Å². The zero-order valence-corrected chi connectivity index (χ0v) is 75.6. The van der Waals surface area contributed by atoms with Gasteiger partial charge < -0.3 is 4.57 Å². The van der Waals surface area contributed by atoms with E-state index >= 15 is 0 Å². The van der Waals surface area contributed by atoms with Crippen LogP contribution in [0.4, 0.5) is 0 Å². The highest BCUT2D eigenvalue weighted by Crippen LogP contribution is 2.41. The first-order valence-electron chi connectivity index (χ1n) is 43.7. The summed E-state index contributed by atoms with van der Waals surface area (Å²) in [6, 6.07) is 143. The van der Waals surface area contributed by atoms with Crippen LogP contribution in [0.2, 0.25) is 0 Å². The molecule has 20 aromatic rings. The third kappa shape index (κ3) is 21.8. The van der Waals surface area contributed by atoms with Gasteiger partial charge in [0.05, 0.1) is 137 Å². The maximum atomic E-state index is 12.4. The minimum absolute atomic E-state index is 0.607. The van der Waals surface area contributed by atoms with Crippen LogP contribution in [0.25, 0.3) is 169 Å². The van der Waals surface area contributed by atoms with Crippen molar-refractivity contribution in [1.82, 2.24) is 54.8 Å². The van der Waals surface area contributed by atoms with Crippen LogP contribution in [-0.2, 0) is 4.57 Å². The van der Waals surface area contributed by atoms with Gasteiger partial charge in [-0.05, 0) is 84.3 Å². The van der Waals surface area contributed by atoms with Crippen LogP contribution in [0.3, 0.4) is 0 Å². The Balaban J connectivity index is 0.000000121. The minimum atomic E-state index is -2.30. The standard InChI is InChI=1S/C25H23N2OP.2C24H17N3.C23H18N2.C22H17N3/c1-18-23(19-10-6-4-7-11-19)27-25(24(26-18)20-12-8-5-9-13-20)21-14-16-22(17-15-21)29(2,3)28;1-17-22(19-10-4-2-5-11-19)27-24(21-14-8-9-18(15-21)16-25)23(26-17)20-12-6-3-7-13-20;1-17-22(19-8-4-2-5-9-19)27-24(21-14-12-18(16-25)13-15-21)23(26-17)20-10-6-3-7-11-20;1-17-21(18-11-5-2-6-12-18)25-23(20-15-9-4-10-16-20)22(24-17)19-13-7-3-8-14-19;1-16-20(17-9-4-2-5-10-17)25-21(18-11-6-3-7-12-18)22(24-16)19-13-8-14-23-15-19/h4-17H,1-3H3;2*2-15H,1H3;2-16H,1H3;2-15H,1H3. The van der Waals surface area contributed by atoms with Crippen LogP contribution < -0.4 is 5.30 Å². The van der Waals surface area contributed by atoms with Crippen LogP contribution in [-0.4, -0.2) is 68.2 Å². The van der Waals surface area contributed by atoms with Gasteiger partial charge in [-0.2, -0.15) is 10.5 Å². The molecule has 0 aliphatic heterocycles. The van der Waals surface area contributed by atoms with E-state index in [2.05, 4.69) is 102 Å². The second-order valence-electron chi connectivity index (χ2n) is 31.8. The molecule has 0 N–H and O–H groups in total. The van der Waals surface area contributed by atoms with Gasteiger partial charge >= 0.3 is 0 Å². The fourth-order valence-electron chi connectivity index (χ4n) is 15.5. The first kappa shape index (κ1) is 89.2. The molecule has 0 radical (unpaired) electrons. The van der Waals surface area contributed by atoms with Gasteiger partial charge in [0.1, 0.15) is 7.14 Å². The van der Waals surface area contributed by atoms with E-state index in [-0.39, 0.29) is 0 Å². The highest BCUT2D eigenvalue weighted by molar-refractivity contribution is 7.70. The molecule has 15 heteroatoms. The molecule has 0 spiro atoms. The van der Waals surface area contributed by atoms with E-state index in [1.807, 2.05) is 368 Å². The normalized spacial score (nSPS) is 10.7. The SMILES string of the molecule is Cc1nc(-c2ccccc2)c(-c2ccc(C#N)cc2)nc1-c1ccccc1.Cc1nc(-c2ccccc2)c(-c2ccc(P(C)(C)=O)cc2)nc1-c1ccccc1.Cc1nc(-c2ccccc2)c(-c2cccc(C#N)c2)nc1-c1ccccc1.Cc1nc(-c2ccccc2)c(-c2ccccc2)nc1-c1ccccc1.Cc1nc(-c2cccnc2)c(-c2ccccc2)nc1-c1ccccc1. The summed E-state index contributed by atoms with van der Waals surface area (Å²) in [5.74, 6) is 0. The summed E-state index contributed by atoms with van der Waals surface area (Å²) < 4.78 is 12.4. The average Bonchev–Trinajstić information content (AvgIpc) is 0.785. The van der Waals surface area contributed by atoms with Crippen molar-refractivity contribution in [3.63, 3.8) is 0 Å². The molecular weight excluding hydrogens is 1650 g/mol. The highest BCUT2D eigenvalue weighted by Gasteiger charge is 2.24. The summed E-state index contributed by atoms with van der Waals surface area (Å²) in [7, 11) is -2.30. The summed E-state index contributed by atoms with van der Waals surface area (Å²) in [5, 5.41) is 19.2. The van der Waals surface area contributed by atoms with E-state index in [0.717, 1.165) is 203 Å². The van der Waals surface area contributed by atoms with Gasteiger partial charge in [0.15, 0.2) is 0 Å². The number of benzene rings is 14. The van der Waals surface area contributed by atoms with Crippen molar-refractivity contribution < 1.29 is 4.57 Å². The van der Waals surface area contributed by atoms with Gasteiger partial charge in [-0.3, -0.25) is 4.98 Å². The van der Waals surface area contributed by atoms with Crippen LogP contribution in [0, 0.1) is 57.3 Å². The highest BCUT2D eigenvalue weighted by atomic mass is 31.2. The first-order chi connectivity index (χ1) is 65.1. The second-order valence-corrected chi connectivity index (χ2v) is 35.0. The number of hydrogen-bond acceptors (Lipinski definition) is 14. The molecule has 0 amide bonds. The van der Waals surface area contributed by atoms with Gasteiger partial charge in [-0.25, -0.2) is 49.8 Å². The number of pyridine rings is 1. The Morgan fingerprint density at radius 1 is 0.195 bits per heavy atom. The number of rotatable bonds is 16. The Labute approximate surface area is 776 Å². The van der Waals surface area contributed by atoms with E-state index in [4.69, 9.17) is 55.1 Å². The van der Waals surface area contributed by atoms with E-state index in [9.17, 15) is 9.83 Å². The topological polar surface area (TPSA) is 206 Å². The number of nitrogens with zero attached hydrogens (tertiary/aromatic N) is 13. The van der Waals surface area contributed by atoms with E-state index in [1.54, 1.807) is 25.6 Å². The summed E-state index contributed by atoms with van der Waals surface area (Å²) in [5.41, 5.74) is 34.0. The summed E-state index contributed by atoms with van der Waals surface area (Å²) >= 11 is 0. The number of aromatic nitrogens is 11. The molecule has 640 valence electrons. The molecule has 0 saturated heterocycles. The third-order valence-corrected chi connectivity index (χ3v) is 23.7. The van der Waals surface area contributed by atoms with Crippen LogP contribution in [0.1, 0.15) is 39.6 Å². The molecule has 14 aromatic carbocycles. The lowest BCUT2D eigenvalue weighted by Crippen LogP contribution is -2.03. The van der Waals surface area contributed by atoms with E-state index in [0.29, 0.717) is 11.1 Å². The molecule has 0 aliphatic carbocycles. The Morgan fingerprint density at radius 3 is 0.617 bits per heavy atom. The Kier molecular flexibility index (Phi) is 28.6. The van der Waals surface area contributed by atoms with E-state index < -0.39 is 7.14 Å². The average molecular weight is 1740 g/mol. The van der Waals surface area contributed by atoms with Crippen molar-refractivity contribution in [2.45, 2.75) is 34.6 Å². The molecule has 20 rings (SSSR count). The smallest absolute Gasteiger partial charge is 0.109 e. The van der Waals surface area contributed by atoms with Crippen molar-refractivity contribution in [1.29, 1.82) is 10.5 Å². The summed E-state index contributed by atoms with van der Waals surface area (Å²) in [6.45, 7) is 13.6. The lowest BCUT2D eigenvalue weighted by molar-refractivity contribution is 0.588. The first-order valence-corrected chi connectivity index (χ1v) is 46.3. The van der Waals surface area contributed by atoms with Crippen molar-refractivity contribution in [3.05, 3.63) is 471 Å². The van der Waals surface area contributed by atoms with Gasteiger partial charge in [-0.1, -0.05) is 382 Å². The molecule has 6 heterocycles. The molecule has 0 saturated carbocycles. The number of hydrogen-bond donors (Lipinski definition) is 0. The number of nitriles is 2. The zero-order chi connectivity index (χ0) is 91.8. The van der Waals surface area contributed by atoms with Crippen molar-refractivity contribution in [2.75, 3.05) is 13.3 Å². The molecular formula is C118H92N13OP. The molecule has 0 atom stereocenters. The lowest BCUT2D eigenvalue weighted by Gasteiger charge is -2.14. The molecule has 0 aliphatic rings. The monoisotopic (exact) mass is 1740 g/mol. The largest absolute Gasteiger partial charge is 0.319 e. The molecule has 6 aromatic heterocycles. The minimum Gasteiger partial charge on any atom is -0.319 e. The third-order valence-electron chi connectivity index (χ3n) is 22.1. The maximum absolute atomic E-state index is 12.4.